The molecular weight excluding hydrogens is 208 g/mol. The largest absolute Gasteiger partial charge is 0.315 e. The average molecular weight is 236 g/mol. The summed E-state index contributed by atoms with van der Waals surface area (Å²) in [5, 5.41) is 3.60. The van der Waals surface area contributed by atoms with Crippen LogP contribution in [0.15, 0.2) is 0 Å². The fourth-order valence-electron chi connectivity index (χ4n) is 4.39. The van der Waals surface area contributed by atoms with Crippen LogP contribution in [0.1, 0.15) is 51.9 Å². The van der Waals surface area contributed by atoms with Gasteiger partial charge in [0.25, 0.3) is 0 Å². The van der Waals surface area contributed by atoms with Gasteiger partial charge in [0.15, 0.2) is 0 Å². The summed E-state index contributed by atoms with van der Waals surface area (Å²) in [6.07, 6.45) is 10.4. The third kappa shape index (κ3) is 2.53. The maximum atomic E-state index is 3.60. The zero-order valence-corrected chi connectivity index (χ0v) is 11.4. The predicted octanol–water partition coefficient (Wildman–Crippen LogP) is 2.64. The lowest BCUT2D eigenvalue weighted by Gasteiger charge is -2.44. The Labute approximate surface area is 106 Å². The first kappa shape index (κ1) is 12.0. The van der Waals surface area contributed by atoms with Crippen LogP contribution in [0, 0.1) is 11.3 Å². The molecule has 2 heterocycles. The van der Waals surface area contributed by atoms with Gasteiger partial charge in [0.05, 0.1) is 0 Å². The van der Waals surface area contributed by atoms with E-state index in [2.05, 4.69) is 17.1 Å². The van der Waals surface area contributed by atoms with Crippen molar-refractivity contribution in [1.82, 2.24) is 10.2 Å². The van der Waals surface area contributed by atoms with Crippen molar-refractivity contribution >= 4 is 0 Å². The molecule has 2 aliphatic heterocycles. The molecular formula is C15H28N2. The van der Waals surface area contributed by atoms with Crippen molar-refractivity contribution in [2.45, 2.75) is 57.9 Å². The highest BCUT2D eigenvalue weighted by Gasteiger charge is 2.38. The first-order chi connectivity index (χ1) is 8.27. The van der Waals surface area contributed by atoms with Gasteiger partial charge in [-0.05, 0) is 63.1 Å². The van der Waals surface area contributed by atoms with E-state index in [1.54, 1.807) is 0 Å². The van der Waals surface area contributed by atoms with Gasteiger partial charge in [-0.1, -0.05) is 19.8 Å². The topological polar surface area (TPSA) is 15.3 Å². The molecule has 0 aromatic heterocycles. The maximum Gasteiger partial charge on any atom is 0.0223 e. The Morgan fingerprint density at radius 1 is 1.00 bits per heavy atom. The molecule has 2 heteroatoms. The molecule has 1 aliphatic carbocycles. The van der Waals surface area contributed by atoms with E-state index >= 15 is 0 Å². The van der Waals surface area contributed by atoms with Gasteiger partial charge in [0.1, 0.15) is 0 Å². The zero-order valence-electron chi connectivity index (χ0n) is 11.4. The Morgan fingerprint density at radius 3 is 2.35 bits per heavy atom. The fourth-order valence-corrected chi connectivity index (χ4v) is 4.39. The molecule has 3 fully saturated rings. The minimum atomic E-state index is 0.782. The van der Waals surface area contributed by atoms with Crippen molar-refractivity contribution in [3.8, 4) is 0 Å². The highest BCUT2D eigenvalue weighted by molar-refractivity contribution is 4.92. The van der Waals surface area contributed by atoms with Crippen molar-refractivity contribution < 1.29 is 0 Å². The molecule has 2 saturated heterocycles. The number of hydrogen-bond donors (Lipinski definition) is 1. The van der Waals surface area contributed by atoms with Gasteiger partial charge in [-0.15, -0.1) is 0 Å². The summed E-state index contributed by atoms with van der Waals surface area (Å²) >= 11 is 0. The molecule has 0 amide bonds. The molecule has 0 bridgehead atoms. The van der Waals surface area contributed by atoms with Crippen LogP contribution in [0.4, 0.5) is 0 Å². The van der Waals surface area contributed by atoms with Crippen molar-refractivity contribution in [2.24, 2.45) is 11.3 Å². The third-order valence-electron chi connectivity index (χ3n) is 5.59. The van der Waals surface area contributed by atoms with Crippen LogP contribution >= 0.6 is 0 Å². The standard InChI is InChI=1S/C15H28N2/c1-13-10-14(12-16-11-13)17-8-6-15(7-9-17)4-2-3-5-15/h13-14,16H,2-12H2,1H3. The van der Waals surface area contributed by atoms with Crippen LogP contribution in [0.25, 0.3) is 0 Å². The summed E-state index contributed by atoms with van der Waals surface area (Å²) in [4.78, 5) is 2.78. The first-order valence-electron chi connectivity index (χ1n) is 7.72. The summed E-state index contributed by atoms with van der Waals surface area (Å²) in [5.74, 6) is 0.871. The van der Waals surface area contributed by atoms with Crippen molar-refractivity contribution in [2.75, 3.05) is 26.2 Å². The zero-order chi connectivity index (χ0) is 11.7. The first-order valence-corrected chi connectivity index (χ1v) is 7.72. The van der Waals surface area contributed by atoms with E-state index in [1.807, 2.05) is 0 Å². The lowest BCUT2D eigenvalue weighted by atomic mass is 9.76. The van der Waals surface area contributed by atoms with Gasteiger partial charge in [0.2, 0.25) is 0 Å². The summed E-state index contributed by atoms with van der Waals surface area (Å²) in [6.45, 7) is 7.60. The highest BCUT2D eigenvalue weighted by atomic mass is 15.2. The second kappa shape index (κ2) is 4.89. The molecule has 0 aromatic rings. The van der Waals surface area contributed by atoms with Crippen LogP contribution in [-0.4, -0.2) is 37.1 Å². The van der Waals surface area contributed by atoms with E-state index < -0.39 is 0 Å². The van der Waals surface area contributed by atoms with E-state index in [-0.39, 0.29) is 0 Å². The summed E-state index contributed by atoms with van der Waals surface area (Å²) in [7, 11) is 0. The fraction of sp³-hybridized carbons (Fsp3) is 1.00. The molecule has 1 spiro atoms. The van der Waals surface area contributed by atoms with Gasteiger partial charge >= 0.3 is 0 Å². The lowest BCUT2D eigenvalue weighted by molar-refractivity contribution is 0.0587. The molecule has 2 nitrogen and oxygen atoms in total. The molecule has 3 aliphatic rings. The quantitative estimate of drug-likeness (QED) is 0.753. The van der Waals surface area contributed by atoms with Gasteiger partial charge in [0, 0.05) is 12.6 Å². The Bertz CT molecular complexity index is 248. The van der Waals surface area contributed by atoms with Crippen molar-refractivity contribution in [3.05, 3.63) is 0 Å². The number of rotatable bonds is 1. The second-order valence-corrected chi connectivity index (χ2v) is 6.90. The number of nitrogens with zero attached hydrogens (tertiary/aromatic N) is 1. The van der Waals surface area contributed by atoms with Crippen LogP contribution in [0.2, 0.25) is 0 Å². The van der Waals surface area contributed by atoms with Crippen LogP contribution in [0.5, 0.6) is 0 Å². The van der Waals surface area contributed by atoms with Gasteiger partial charge in [-0.2, -0.15) is 0 Å². The number of hydrogen-bond acceptors (Lipinski definition) is 2. The molecule has 1 N–H and O–H groups in total. The minimum Gasteiger partial charge on any atom is -0.315 e. The van der Waals surface area contributed by atoms with E-state index in [0.717, 1.165) is 17.4 Å². The summed E-state index contributed by atoms with van der Waals surface area (Å²) in [6, 6.07) is 0.831. The lowest BCUT2D eigenvalue weighted by Crippen LogP contribution is -2.52. The van der Waals surface area contributed by atoms with Crippen LogP contribution in [-0.2, 0) is 0 Å². The Hall–Kier alpha value is -0.0800. The van der Waals surface area contributed by atoms with E-state index in [1.165, 1.54) is 71.1 Å². The van der Waals surface area contributed by atoms with Crippen molar-refractivity contribution in [1.29, 1.82) is 0 Å². The Balaban J connectivity index is 1.53. The van der Waals surface area contributed by atoms with E-state index in [9.17, 15) is 0 Å². The number of nitrogens with one attached hydrogen (secondary N) is 1. The second-order valence-electron chi connectivity index (χ2n) is 6.90. The monoisotopic (exact) mass is 236 g/mol. The van der Waals surface area contributed by atoms with Crippen molar-refractivity contribution in [3.63, 3.8) is 0 Å². The molecule has 1 saturated carbocycles. The number of likely N-dealkylation sites (tertiary alicyclic amines) is 1. The highest BCUT2D eigenvalue weighted by Crippen LogP contribution is 2.46. The molecule has 3 rings (SSSR count). The Morgan fingerprint density at radius 2 is 1.71 bits per heavy atom. The smallest absolute Gasteiger partial charge is 0.0223 e. The SMILES string of the molecule is CC1CNCC(N2CCC3(CCCC3)CC2)C1. The third-order valence-corrected chi connectivity index (χ3v) is 5.59. The van der Waals surface area contributed by atoms with Gasteiger partial charge in [-0.3, -0.25) is 4.90 Å². The average Bonchev–Trinajstić information content (AvgIpc) is 2.79. The number of piperidine rings is 2. The molecule has 0 aromatic carbocycles. The van der Waals surface area contributed by atoms with E-state index in [4.69, 9.17) is 0 Å². The predicted molar refractivity (Wildman–Crippen MR) is 72.1 cm³/mol. The molecule has 0 radical (unpaired) electrons. The summed E-state index contributed by atoms with van der Waals surface area (Å²) < 4.78 is 0. The van der Waals surface area contributed by atoms with Gasteiger partial charge < -0.3 is 5.32 Å². The maximum absolute atomic E-state index is 3.60. The van der Waals surface area contributed by atoms with Gasteiger partial charge in [-0.25, -0.2) is 0 Å². The molecule has 17 heavy (non-hydrogen) atoms. The molecule has 98 valence electrons. The normalized spacial score (nSPS) is 38.6. The molecule has 2 atom stereocenters. The van der Waals surface area contributed by atoms with Crippen LogP contribution < -0.4 is 5.32 Å². The van der Waals surface area contributed by atoms with Crippen LogP contribution in [0.3, 0.4) is 0 Å². The minimum absolute atomic E-state index is 0.782. The van der Waals surface area contributed by atoms with E-state index in [0.29, 0.717) is 0 Å². The Kier molecular flexibility index (Phi) is 3.45. The molecule has 2 unspecified atom stereocenters. The summed E-state index contributed by atoms with van der Waals surface area (Å²) in [5.41, 5.74) is 0.782.